The predicted octanol–water partition coefficient (Wildman–Crippen LogP) is 6.91. The molecule has 1 aliphatic rings. The molecule has 5 rings (SSSR count). The third kappa shape index (κ3) is 4.01. The van der Waals surface area contributed by atoms with Gasteiger partial charge in [0, 0.05) is 56.3 Å². The van der Waals surface area contributed by atoms with Crippen molar-refractivity contribution in [2.24, 2.45) is 4.99 Å². The van der Waals surface area contributed by atoms with Crippen molar-refractivity contribution in [3.63, 3.8) is 0 Å². The molecule has 0 fully saturated rings. The number of para-hydroxylation sites is 1. The summed E-state index contributed by atoms with van der Waals surface area (Å²) in [5.74, 6) is 0. The molecule has 0 bridgehead atoms. The molecular formula is C31H29N3. The fourth-order valence-corrected chi connectivity index (χ4v) is 4.45. The number of allylic oxidation sites excluding steroid dienone is 1. The van der Waals surface area contributed by atoms with Crippen LogP contribution in [-0.2, 0) is 0 Å². The van der Waals surface area contributed by atoms with Gasteiger partial charge in [0.15, 0.2) is 0 Å². The average Bonchev–Trinajstić information content (AvgIpc) is 3.25. The van der Waals surface area contributed by atoms with Gasteiger partial charge in [0.25, 0.3) is 0 Å². The van der Waals surface area contributed by atoms with Gasteiger partial charge in [-0.15, -0.1) is 0 Å². The van der Waals surface area contributed by atoms with Gasteiger partial charge in [0.1, 0.15) is 0 Å². The van der Waals surface area contributed by atoms with Crippen molar-refractivity contribution in [1.29, 1.82) is 0 Å². The zero-order valence-electron chi connectivity index (χ0n) is 20.2. The average molecular weight is 444 g/mol. The highest BCUT2D eigenvalue weighted by Crippen LogP contribution is 2.43. The first-order valence-electron chi connectivity index (χ1n) is 11.6. The molecule has 0 N–H and O–H groups in total. The first-order chi connectivity index (χ1) is 16.5. The molecule has 4 aromatic rings. The molecule has 0 spiro atoms. The number of fused-ring (bicyclic) bond motifs is 1. The molecule has 1 heterocycles. The molecule has 0 amide bonds. The first kappa shape index (κ1) is 21.7. The molecule has 0 aromatic heterocycles. The summed E-state index contributed by atoms with van der Waals surface area (Å²) in [6, 6.07) is 36.6. The van der Waals surface area contributed by atoms with Crippen molar-refractivity contribution in [3.05, 3.63) is 125 Å². The van der Waals surface area contributed by atoms with Crippen LogP contribution < -0.4 is 9.80 Å². The largest absolute Gasteiger partial charge is 0.378 e. The Morgan fingerprint density at radius 2 is 1.06 bits per heavy atom. The number of benzene rings is 4. The molecule has 0 saturated carbocycles. The fraction of sp³-hybridized carbons (Fsp3) is 0.129. The Kier molecular flexibility index (Phi) is 5.77. The molecule has 0 aliphatic carbocycles. The summed E-state index contributed by atoms with van der Waals surface area (Å²) in [5, 5.41) is 0. The molecule has 168 valence electrons. The van der Waals surface area contributed by atoms with Crippen molar-refractivity contribution in [1.82, 2.24) is 0 Å². The van der Waals surface area contributed by atoms with Gasteiger partial charge in [-0.1, -0.05) is 72.8 Å². The molecular weight excluding hydrogens is 414 g/mol. The molecule has 0 unspecified atom stereocenters. The Morgan fingerprint density at radius 1 is 0.559 bits per heavy atom. The molecule has 1 aliphatic heterocycles. The zero-order valence-corrected chi connectivity index (χ0v) is 20.2. The lowest BCUT2D eigenvalue weighted by atomic mass is 9.86. The summed E-state index contributed by atoms with van der Waals surface area (Å²) in [6.07, 6.45) is 0. The molecule has 4 aromatic carbocycles. The maximum Gasteiger partial charge on any atom is 0.0795 e. The second-order valence-corrected chi connectivity index (χ2v) is 8.98. The van der Waals surface area contributed by atoms with Crippen molar-refractivity contribution >= 4 is 33.9 Å². The minimum atomic E-state index is 1.02. The Hall–Kier alpha value is -4.11. The molecule has 0 radical (unpaired) electrons. The SMILES string of the molecule is CN(C)c1ccc(C(=C2C(c3ccccc3)=Nc3ccccc32)c2ccc(N(C)C)cc2)cc1. The van der Waals surface area contributed by atoms with Crippen LogP contribution in [0.25, 0.3) is 11.1 Å². The van der Waals surface area contributed by atoms with Gasteiger partial charge in [0.2, 0.25) is 0 Å². The van der Waals surface area contributed by atoms with Crippen molar-refractivity contribution < 1.29 is 0 Å². The van der Waals surface area contributed by atoms with Crippen LogP contribution in [0.1, 0.15) is 22.3 Å². The quantitative estimate of drug-likeness (QED) is 0.334. The number of hydrogen-bond acceptors (Lipinski definition) is 3. The van der Waals surface area contributed by atoms with Gasteiger partial charge in [-0.25, -0.2) is 4.99 Å². The highest BCUT2D eigenvalue weighted by atomic mass is 15.1. The van der Waals surface area contributed by atoms with E-state index in [2.05, 4.69) is 141 Å². The van der Waals surface area contributed by atoms with Crippen LogP contribution in [0.15, 0.2) is 108 Å². The lowest BCUT2D eigenvalue weighted by Gasteiger charge is -2.19. The maximum atomic E-state index is 5.11. The first-order valence-corrected chi connectivity index (χ1v) is 11.6. The van der Waals surface area contributed by atoms with Gasteiger partial charge < -0.3 is 9.80 Å². The van der Waals surface area contributed by atoms with E-state index in [1.807, 2.05) is 0 Å². The van der Waals surface area contributed by atoms with Crippen molar-refractivity contribution in [2.45, 2.75) is 0 Å². The lowest BCUT2D eigenvalue weighted by Crippen LogP contribution is -2.09. The highest BCUT2D eigenvalue weighted by Gasteiger charge is 2.26. The number of nitrogens with zero attached hydrogens (tertiary/aromatic N) is 3. The van der Waals surface area contributed by atoms with Crippen LogP contribution in [0.3, 0.4) is 0 Å². The van der Waals surface area contributed by atoms with E-state index in [0.717, 1.165) is 17.0 Å². The van der Waals surface area contributed by atoms with E-state index < -0.39 is 0 Å². The zero-order chi connectivity index (χ0) is 23.7. The Morgan fingerprint density at radius 3 is 1.59 bits per heavy atom. The normalized spacial score (nSPS) is 12.2. The second-order valence-electron chi connectivity index (χ2n) is 8.98. The maximum absolute atomic E-state index is 5.11. The lowest BCUT2D eigenvalue weighted by molar-refractivity contribution is 1.13. The Labute approximate surface area is 202 Å². The molecule has 3 nitrogen and oxygen atoms in total. The monoisotopic (exact) mass is 443 g/mol. The van der Waals surface area contributed by atoms with Gasteiger partial charge in [0.05, 0.1) is 11.4 Å². The summed E-state index contributed by atoms with van der Waals surface area (Å²) in [7, 11) is 8.28. The summed E-state index contributed by atoms with van der Waals surface area (Å²) in [5.41, 5.74) is 11.4. The van der Waals surface area contributed by atoms with Crippen LogP contribution in [0.2, 0.25) is 0 Å². The summed E-state index contributed by atoms with van der Waals surface area (Å²) < 4.78 is 0. The summed E-state index contributed by atoms with van der Waals surface area (Å²) in [4.78, 5) is 9.37. The number of anilines is 2. The number of rotatable bonds is 5. The van der Waals surface area contributed by atoms with Gasteiger partial charge in [-0.05, 0) is 47.0 Å². The van der Waals surface area contributed by atoms with Crippen LogP contribution >= 0.6 is 0 Å². The van der Waals surface area contributed by atoms with E-state index >= 15 is 0 Å². The van der Waals surface area contributed by atoms with Crippen LogP contribution in [-0.4, -0.2) is 33.9 Å². The highest BCUT2D eigenvalue weighted by molar-refractivity contribution is 6.41. The third-order valence-corrected chi connectivity index (χ3v) is 6.28. The van der Waals surface area contributed by atoms with Crippen LogP contribution in [0.5, 0.6) is 0 Å². The molecule has 3 heteroatoms. The van der Waals surface area contributed by atoms with E-state index in [9.17, 15) is 0 Å². The van der Waals surface area contributed by atoms with Crippen LogP contribution in [0.4, 0.5) is 17.1 Å². The topological polar surface area (TPSA) is 18.8 Å². The fourth-order valence-electron chi connectivity index (χ4n) is 4.45. The summed E-state index contributed by atoms with van der Waals surface area (Å²) in [6.45, 7) is 0. The second kappa shape index (κ2) is 9.03. The van der Waals surface area contributed by atoms with Crippen molar-refractivity contribution in [2.75, 3.05) is 38.0 Å². The predicted molar refractivity (Wildman–Crippen MR) is 147 cm³/mol. The van der Waals surface area contributed by atoms with Crippen molar-refractivity contribution in [3.8, 4) is 0 Å². The number of aliphatic imine (C=N–C) groups is 1. The van der Waals surface area contributed by atoms with E-state index in [1.54, 1.807) is 0 Å². The molecule has 0 atom stereocenters. The molecule has 34 heavy (non-hydrogen) atoms. The minimum Gasteiger partial charge on any atom is -0.378 e. The van der Waals surface area contributed by atoms with Gasteiger partial charge >= 0.3 is 0 Å². The standard InChI is InChI=1S/C31H29N3/c1-33(2)25-18-14-22(15-19-25)29(23-16-20-26(21-17-23)34(3)4)30-27-12-8-9-13-28(27)32-31(30)24-10-6-5-7-11-24/h5-21H,1-4H3. The van der Waals surface area contributed by atoms with Crippen LogP contribution in [0, 0.1) is 0 Å². The van der Waals surface area contributed by atoms with Gasteiger partial charge in [-0.3, -0.25) is 0 Å². The smallest absolute Gasteiger partial charge is 0.0795 e. The molecule has 0 saturated heterocycles. The van der Waals surface area contributed by atoms with E-state index in [0.29, 0.717) is 0 Å². The number of hydrogen-bond donors (Lipinski definition) is 0. The van der Waals surface area contributed by atoms with E-state index in [-0.39, 0.29) is 0 Å². The minimum absolute atomic E-state index is 1.02. The Bertz CT molecular complexity index is 1310. The third-order valence-electron chi connectivity index (χ3n) is 6.28. The summed E-state index contributed by atoms with van der Waals surface area (Å²) >= 11 is 0. The Balaban J connectivity index is 1.80. The van der Waals surface area contributed by atoms with Gasteiger partial charge in [-0.2, -0.15) is 0 Å². The van der Waals surface area contributed by atoms with E-state index in [1.165, 1.54) is 39.2 Å². The van der Waals surface area contributed by atoms with E-state index in [4.69, 9.17) is 4.99 Å².